The summed E-state index contributed by atoms with van der Waals surface area (Å²) in [6, 6.07) is 12.5. The molecule has 1 atom stereocenters. The first-order valence-corrected chi connectivity index (χ1v) is 9.80. The summed E-state index contributed by atoms with van der Waals surface area (Å²) in [5.41, 5.74) is 1.43. The van der Waals surface area contributed by atoms with Gasteiger partial charge in [-0.3, -0.25) is 14.4 Å². The van der Waals surface area contributed by atoms with Gasteiger partial charge < -0.3 is 29.2 Å². The van der Waals surface area contributed by atoms with E-state index in [0.717, 1.165) is 5.56 Å². The Morgan fingerprint density at radius 3 is 2.81 bits per heavy atom. The lowest BCUT2D eigenvalue weighted by atomic mass is 10.1. The quantitative estimate of drug-likeness (QED) is 0.672. The molecule has 1 fully saturated rings. The highest BCUT2D eigenvalue weighted by Gasteiger charge is 2.37. The summed E-state index contributed by atoms with van der Waals surface area (Å²) >= 11 is 0. The van der Waals surface area contributed by atoms with Gasteiger partial charge in [0.15, 0.2) is 18.1 Å². The highest BCUT2D eigenvalue weighted by atomic mass is 16.7. The maximum atomic E-state index is 12.4. The van der Waals surface area contributed by atoms with Gasteiger partial charge in [-0.05, 0) is 29.8 Å². The van der Waals surface area contributed by atoms with E-state index >= 15 is 0 Å². The zero-order valence-corrected chi connectivity index (χ0v) is 17.0. The van der Waals surface area contributed by atoms with Gasteiger partial charge in [0.1, 0.15) is 5.75 Å². The SMILES string of the molecule is COc1ccccc1N1CC(C(=O)OCC(=O)NCc2ccc3c(c2)OCO3)CC1=O. The average molecular weight is 426 g/mol. The second-order valence-electron chi connectivity index (χ2n) is 7.15. The van der Waals surface area contributed by atoms with Crippen LogP contribution in [0.25, 0.3) is 0 Å². The Morgan fingerprint density at radius 1 is 1.16 bits per heavy atom. The Labute approximate surface area is 178 Å². The minimum absolute atomic E-state index is 0.0235. The maximum absolute atomic E-state index is 12.4. The summed E-state index contributed by atoms with van der Waals surface area (Å²) in [4.78, 5) is 38.4. The summed E-state index contributed by atoms with van der Waals surface area (Å²) in [5.74, 6) is -0.00703. The van der Waals surface area contributed by atoms with Gasteiger partial charge in [0.25, 0.3) is 5.91 Å². The number of carbonyl (C=O) groups is 3. The van der Waals surface area contributed by atoms with E-state index in [-0.39, 0.29) is 32.2 Å². The molecule has 1 N–H and O–H groups in total. The number of para-hydroxylation sites is 2. The van der Waals surface area contributed by atoms with Gasteiger partial charge in [0.05, 0.1) is 18.7 Å². The summed E-state index contributed by atoms with van der Waals surface area (Å²) in [5, 5.41) is 2.69. The molecule has 1 saturated heterocycles. The molecular weight excluding hydrogens is 404 g/mol. The van der Waals surface area contributed by atoms with Crippen LogP contribution in [0, 0.1) is 5.92 Å². The van der Waals surface area contributed by atoms with Crippen molar-refractivity contribution >= 4 is 23.5 Å². The van der Waals surface area contributed by atoms with Crippen molar-refractivity contribution in [2.24, 2.45) is 5.92 Å². The van der Waals surface area contributed by atoms with Crippen molar-refractivity contribution in [3.63, 3.8) is 0 Å². The van der Waals surface area contributed by atoms with Crippen LogP contribution in [0.3, 0.4) is 0 Å². The van der Waals surface area contributed by atoms with E-state index in [1.807, 2.05) is 6.07 Å². The minimum atomic E-state index is -0.640. The third-order valence-electron chi connectivity index (χ3n) is 5.11. The fourth-order valence-electron chi connectivity index (χ4n) is 3.51. The van der Waals surface area contributed by atoms with Crippen LogP contribution in [0.2, 0.25) is 0 Å². The van der Waals surface area contributed by atoms with Crippen LogP contribution >= 0.6 is 0 Å². The van der Waals surface area contributed by atoms with Crippen molar-refractivity contribution in [1.82, 2.24) is 5.32 Å². The molecule has 0 aliphatic carbocycles. The fourth-order valence-corrected chi connectivity index (χ4v) is 3.51. The molecule has 2 aromatic rings. The molecule has 31 heavy (non-hydrogen) atoms. The number of ether oxygens (including phenoxy) is 4. The second-order valence-corrected chi connectivity index (χ2v) is 7.15. The number of anilines is 1. The van der Waals surface area contributed by atoms with Crippen molar-refractivity contribution < 1.29 is 33.3 Å². The zero-order chi connectivity index (χ0) is 21.8. The predicted molar refractivity (Wildman–Crippen MR) is 109 cm³/mol. The lowest BCUT2D eigenvalue weighted by Gasteiger charge is -2.19. The second kappa shape index (κ2) is 8.95. The van der Waals surface area contributed by atoms with Crippen LogP contribution < -0.4 is 24.4 Å². The summed E-state index contributed by atoms with van der Waals surface area (Å²) in [7, 11) is 1.52. The standard InChI is InChI=1S/C22H22N2O7/c1-28-17-5-3-2-4-16(17)24-11-15(9-21(24)26)22(27)29-12-20(25)23-10-14-6-7-18-19(8-14)31-13-30-18/h2-8,15H,9-13H2,1H3,(H,23,25). The molecule has 0 aromatic heterocycles. The number of nitrogens with zero attached hydrogens (tertiary/aromatic N) is 1. The molecule has 2 aliphatic rings. The molecule has 0 saturated carbocycles. The highest BCUT2D eigenvalue weighted by molar-refractivity contribution is 6.00. The van der Waals surface area contributed by atoms with E-state index in [4.69, 9.17) is 18.9 Å². The largest absolute Gasteiger partial charge is 0.495 e. The van der Waals surface area contributed by atoms with E-state index in [9.17, 15) is 14.4 Å². The number of nitrogens with one attached hydrogen (secondary N) is 1. The van der Waals surface area contributed by atoms with Gasteiger partial charge in [-0.1, -0.05) is 18.2 Å². The number of fused-ring (bicyclic) bond motifs is 1. The number of benzene rings is 2. The maximum Gasteiger partial charge on any atom is 0.311 e. The van der Waals surface area contributed by atoms with E-state index in [0.29, 0.717) is 22.9 Å². The van der Waals surface area contributed by atoms with Crippen molar-refractivity contribution in [3.8, 4) is 17.2 Å². The monoisotopic (exact) mass is 426 g/mol. The van der Waals surface area contributed by atoms with Gasteiger partial charge in [-0.25, -0.2) is 0 Å². The van der Waals surface area contributed by atoms with Crippen LogP contribution in [-0.4, -0.2) is 44.8 Å². The van der Waals surface area contributed by atoms with Crippen LogP contribution in [0.5, 0.6) is 17.2 Å². The number of rotatable bonds is 7. The van der Waals surface area contributed by atoms with Gasteiger partial charge >= 0.3 is 5.97 Å². The number of carbonyl (C=O) groups excluding carboxylic acids is 3. The summed E-state index contributed by atoms with van der Waals surface area (Å²) in [6.45, 7) is 0.204. The van der Waals surface area contributed by atoms with Gasteiger partial charge in [0, 0.05) is 19.5 Å². The van der Waals surface area contributed by atoms with Crippen molar-refractivity contribution in [2.45, 2.75) is 13.0 Å². The summed E-state index contributed by atoms with van der Waals surface area (Å²) < 4.78 is 21.0. The molecule has 162 valence electrons. The van der Waals surface area contributed by atoms with Crippen molar-refractivity contribution in [3.05, 3.63) is 48.0 Å². The molecule has 0 radical (unpaired) electrons. The molecule has 0 bridgehead atoms. The Hall–Kier alpha value is -3.75. The van der Waals surface area contributed by atoms with E-state index in [1.165, 1.54) is 12.0 Å². The molecule has 9 heteroatoms. The lowest BCUT2D eigenvalue weighted by molar-refractivity contribution is -0.152. The number of hydrogen-bond acceptors (Lipinski definition) is 7. The molecular formula is C22H22N2O7. The van der Waals surface area contributed by atoms with Crippen LogP contribution in [0.15, 0.2) is 42.5 Å². The number of hydrogen-bond donors (Lipinski definition) is 1. The smallest absolute Gasteiger partial charge is 0.311 e. The summed E-state index contributed by atoms with van der Waals surface area (Å²) in [6.07, 6.45) is 0.0235. The minimum Gasteiger partial charge on any atom is -0.495 e. The lowest BCUT2D eigenvalue weighted by Crippen LogP contribution is -2.31. The number of amides is 2. The molecule has 2 heterocycles. The number of esters is 1. The topological polar surface area (TPSA) is 103 Å². The molecule has 1 unspecified atom stereocenters. The Kier molecular flexibility index (Phi) is 5.92. The fraction of sp³-hybridized carbons (Fsp3) is 0.318. The molecule has 9 nitrogen and oxygen atoms in total. The van der Waals surface area contributed by atoms with E-state index < -0.39 is 24.4 Å². The van der Waals surface area contributed by atoms with Crippen molar-refractivity contribution in [1.29, 1.82) is 0 Å². The third kappa shape index (κ3) is 4.55. The van der Waals surface area contributed by atoms with Crippen LogP contribution in [0.1, 0.15) is 12.0 Å². The third-order valence-corrected chi connectivity index (χ3v) is 5.11. The normalized spacial score (nSPS) is 16.9. The molecule has 2 aromatic carbocycles. The molecule has 0 spiro atoms. The predicted octanol–water partition coefficient (Wildman–Crippen LogP) is 1.64. The van der Waals surface area contributed by atoms with Crippen molar-refractivity contribution in [2.75, 3.05) is 32.0 Å². The molecule has 2 amide bonds. The van der Waals surface area contributed by atoms with Gasteiger partial charge in [-0.2, -0.15) is 0 Å². The number of methoxy groups -OCH3 is 1. The zero-order valence-electron chi connectivity index (χ0n) is 17.0. The van der Waals surface area contributed by atoms with Gasteiger partial charge in [-0.15, -0.1) is 0 Å². The Morgan fingerprint density at radius 2 is 1.97 bits per heavy atom. The highest BCUT2D eigenvalue weighted by Crippen LogP contribution is 2.33. The molecule has 2 aliphatic heterocycles. The average Bonchev–Trinajstić information content (AvgIpc) is 3.42. The van der Waals surface area contributed by atoms with E-state index in [2.05, 4.69) is 5.32 Å². The Bertz CT molecular complexity index is 1010. The van der Waals surface area contributed by atoms with Crippen LogP contribution in [-0.2, 0) is 25.7 Å². The molecule has 4 rings (SSSR count). The first kappa shape index (κ1) is 20.5. The first-order valence-electron chi connectivity index (χ1n) is 9.80. The van der Waals surface area contributed by atoms with Crippen LogP contribution in [0.4, 0.5) is 5.69 Å². The van der Waals surface area contributed by atoms with E-state index in [1.54, 1.807) is 36.4 Å². The first-order chi connectivity index (χ1) is 15.0. The Balaban J connectivity index is 1.26. The van der Waals surface area contributed by atoms with Gasteiger partial charge in [0.2, 0.25) is 12.7 Å².